The van der Waals surface area contributed by atoms with Crippen LogP contribution in [0.3, 0.4) is 0 Å². The summed E-state index contributed by atoms with van der Waals surface area (Å²) in [5, 5.41) is 11.5. The molecule has 0 aliphatic carbocycles. The first-order chi connectivity index (χ1) is 7.83. The lowest BCUT2D eigenvalue weighted by atomic mass is 10.2. The van der Waals surface area contributed by atoms with Crippen LogP contribution in [0.1, 0.15) is 5.56 Å². The van der Waals surface area contributed by atoms with E-state index in [1.165, 1.54) is 6.21 Å². The Labute approximate surface area is 98.3 Å². The zero-order valence-corrected chi connectivity index (χ0v) is 9.26. The molecule has 0 unspecified atom stereocenters. The Morgan fingerprint density at radius 3 is 2.56 bits per heavy atom. The SMILES string of the molecule is O/N=C/c1cccn(-c2ccccc2)c1=S. The summed E-state index contributed by atoms with van der Waals surface area (Å²) >= 11 is 5.30. The lowest BCUT2D eigenvalue weighted by Crippen LogP contribution is -1.99. The number of pyridine rings is 1. The number of rotatable bonds is 2. The van der Waals surface area contributed by atoms with E-state index in [1.807, 2.05) is 53.2 Å². The highest BCUT2D eigenvalue weighted by Gasteiger charge is 1.98. The van der Waals surface area contributed by atoms with Gasteiger partial charge in [-0.05, 0) is 24.3 Å². The van der Waals surface area contributed by atoms with Crippen molar-refractivity contribution in [2.45, 2.75) is 0 Å². The second kappa shape index (κ2) is 4.72. The van der Waals surface area contributed by atoms with E-state index >= 15 is 0 Å². The molecule has 0 atom stereocenters. The Kier molecular flexibility index (Phi) is 3.12. The molecule has 1 aromatic carbocycles. The zero-order chi connectivity index (χ0) is 11.4. The van der Waals surface area contributed by atoms with Gasteiger partial charge in [0.1, 0.15) is 4.64 Å². The van der Waals surface area contributed by atoms with E-state index in [9.17, 15) is 0 Å². The minimum atomic E-state index is 0.617. The smallest absolute Gasteiger partial charge is 0.119 e. The van der Waals surface area contributed by atoms with Crippen LogP contribution in [0, 0.1) is 4.64 Å². The fraction of sp³-hybridized carbons (Fsp3) is 0. The van der Waals surface area contributed by atoms with Crippen molar-refractivity contribution in [2.75, 3.05) is 0 Å². The van der Waals surface area contributed by atoms with Crippen molar-refractivity contribution in [1.82, 2.24) is 4.57 Å². The minimum Gasteiger partial charge on any atom is -0.411 e. The van der Waals surface area contributed by atoms with Gasteiger partial charge in [0.15, 0.2) is 0 Å². The highest BCUT2D eigenvalue weighted by Crippen LogP contribution is 2.10. The first-order valence-corrected chi connectivity index (χ1v) is 5.18. The van der Waals surface area contributed by atoms with Gasteiger partial charge in [0, 0.05) is 17.4 Å². The highest BCUT2D eigenvalue weighted by molar-refractivity contribution is 7.71. The summed E-state index contributed by atoms with van der Waals surface area (Å²) in [5.74, 6) is 0. The average molecular weight is 230 g/mol. The van der Waals surface area contributed by atoms with Crippen molar-refractivity contribution in [3.05, 3.63) is 58.9 Å². The van der Waals surface area contributed by atoms with Crippen molar-refractivity contribution in [3.63, 3.8) is 0 Å². The van der Waals surface area contributed by atoms with Crippen molar-refractivity contribution >= 4 is 18.4 Å². The molecule has 2 aromatic rings. The first-order valence-electron chi connectivity index (χ1n) is 4.77. The number of para-hydroxylation sites is 1. The van der Waals surface area contributed by atoms with Gasteiger partial charge in [-0.3, -0.25) is 0 Å². The standard InChI is InChI=1S/C12H10N2OS/c15-13-9-10-5-4-8-14(12(10)16)11-6-2-1-3-7-11/h1-9,15H/b13-9+. The topological polar surface area (TPSA) is 37.5 Å². The van der Waals surface area contributed by atoms with Gasteiger partial charge >= 0.3 is 0 Å². The van der Waals surface area contributed by atoms with E-state index in [1.54, 1.807) is 0 Å². The second-order valence-electron chi connectivity index (χ2n) is 3.22. The van der Waals surface area contributed by atoms with Crippen molar-refractivity contribution in [1.29, 1.82) is 0 Å². The molecule has 1 heterocycles. The first kappa shape index (κ1) is 10.6. The number of hydrogen-bond donors (Lipinski definition) is 1. The summed E-state index contributed by atoms with van der Waals surface area (Å²) in [6, 6.07) is 13.5. The predicted octanol–water partition coefficient (Wildman–Crippen LogP) is 3.01. The van der Waals surface area contributed by atoms with Crippen LogP contribution >= 0.6 is 12.2 Å². The molecular weight excluding hydrogens is 220 g/mol. The third-order valence-corrected chi connectivity index (χ3v) is 2.64. The van der Waals surface area contributed by atoms with E-state index in [4.69, 9.17) is 17.4 Å². The van der Waals surface area contributed by atoms with Crippen LogP contribution in [0.15, 0.2) is 53.8 Å². The number of nitrogens with zero attached hydrogens (tertiary/aromatic N) is 2. The van der Waals surface area contributed by atoms with Gasteiger partial charge in [-0.2, -0.15) is 0 Å². The van der Waals surface area contributed by atoms with Crippen molar-refractivity contribution < 1.29 is 5.21 Å². The summed E-state index contributed by atoms with van der Waals surface area (Å²) in [7, 11) is 0. The number of aromatic nitrogens is 1. The minimum absolute atomic E-state index is 0.617. The van der Waals surface area contributed by atoms with Crippen LogP contribution in [0.5, 0.6) is 0 Å². The Hall–Kier alpha value is -1.94. The van der Waals surface area contributed by atoms with Crippen LogP contribution in [-0.4, -0.2) is 16.0 Å². The fourth-order valence-corrected chi connectivity index (χ4v) is 1.75. The Balaban J connectivity index is 2.59. The molecule has 0 aliphatic heterocycles. The molecule has 2 rings (SSSR count). The quantitative estimate of drug-likeness (QED) is 0.373. The molecule has 3 nitrogen and oxygen atoms in total. The number of oxime groups is 1. The van der Waals surface area contributed by atoms with E-state index in [-0.39, 0.29) is 0 Å². The lowest BCUT2D eigenvalue weighted by molar-refractivity contribution is 0.322. The summed E-state index contributed by atoms with van der Waals surface area (Å²) < 4.78 is 2.48. The molecule has 4 heteroatoms. The van der Waals surface area contributed by atoms with E-state index < -0.39 is 0 Å². The average Bonchev–Trinajstić information content (AvgIpc) is 2.33. The van der Waals surface area contributed by atoms with Crippen LogP contribution < -0.4 is 0 Å². The summed E-state index contributed by atoms with van der Waals surface area (Å²) in [6.45, 7) is 0. The Bertz CT molecular complexity index is 561. The molecule has 1 aromatic heterocycles. The molecule has 0 bridgehead atoms. The Morgan fingerprint density at radius 1 is 1.12 bits per heavy atom. The predicted molar refractivity (Wildman–Crippen MR) is 66.0 cm³/mol. The van der Waals surface area contributed by atoms with Crippen molar-refractivity contribution in [2.24, 2.45) is 5.16 Å². The summed E-state index contributed by atoms with van der Waals surface area (Å²) in [4.78, 5) is 0. The lowest BCUT2D eigenvalue weighted by Gasteiger charge is -2.07. The van der Waals surface area contributed by atoms with Crippen molar-refractivity contribution in [3.8, 4) is 5.69 Å². The van der Waals surface area contributed by atoms with E-state index in [0.29, 0.717) is 10.2 Å². The molecule has 0 saturated heterocycles. The second-order valence-corrected chi connectivity index (χ2v) is 3.61. The zero-order valence-electron chi connectivity index (χ0n) is 8.45. The maximum absolute atomic E-state index is 8.52. The van der Waals surface area contributed by atoms with Gasteiger partial charge in [-0.1, -0.05) is 35.6 Å². The monoisotopic (exact) mass is 230 g/mol. The van der Waals surface area contributed by atoms with Crippen LogP contribution in [0.25, 0.3) is 5.69 Å². The van der Waals surface area contributed by atoms with E-state index in [2.05, 4.69) is 5.16 Å². The number of hydrogen-bond acceptors (Lipinski definition) is 3. The molecule has 0 radical (unpaired) electrons. The highest BCUT2D eigenvalue weighted by atomic mass is 32.1. The summed E-state index contributed by atoms with van der Waals surface area (Å²) in [6.07, 6.45) is 3.22. The van der Waals surface area contributed by atoms with Gasteiger partial charge in [-0.15, -0.1) is 0 Å². The molecule has 0 saturated carbocycles. The fourth-order valence-electron chi connectivity index (χ4n) is 1.46. The van der Waals surface area contributed by atoms with Crippen LogP contribution in [0.2, 0.25) is 0 Å². The third kappa shape index (κ3) is 2.01. The molecule has 0 amide bonds. The summed E-state index contributed by atoms with van der Waals surface area (Å²) in [5.41, 5.74) is 1.70. The van der Waals surface area contributed by atoms with Gasteiger partial charge in [0.05, 0.1) is 6.21 Å². The normalized spacial score (nSPS) is 10.8. The van der Waals surface area contributed by atoms with Crippen LogP contribution in [0.4, 0.5) is 0 Å². The molecule has 0 aliphatic rings. The number of benzene rings is 1. The molecule has 0 spiro atoms. The van der Waals surface area contributed by atoms with E-state index in [0.717, 1.165) is 5.69 Å². The van der Waals surface area contributed by atoms with Gasteiger partial charge in [0.25, 0.3) is 0 Å². The third-order valence-electron chi connectivity index (χ3n) is 2.21. The molecule has 1 N–H and O–H groups in total. The van der Waals surface area contributed by atoms with Gasteiger partial charge in [0.2, 0.25) is 0 Å². The Morgan fingerprint density at radius 2 is 1.88 bits per heavy atom. The van der Waals surface area contributed by atoms with Gasteiger partial charge in [-0.25, -0.2) is 0 Å². The largest absolute Gasteiger partial charge is 0.411 e. The van der Waals surface area contributed by atoms with Gasteiger partial charge < -0.3 is 9.77 Å². The molecule has 16 heavy (non-hydrogen) atoms. The molecular formula is C12H10N2OS. The molecule has 80 valence electrons. The maximum Gasteiger partial charge on any atom is 0.119 e. The molecule has 0 fully saturated rings. The maximum atomic E-state index is 8.52. The van der Waals surface area contributed by atoms with Crippen LogP contribution in [-0.2, 0) is 0 Å².